The maximum Gasteiger partial charge on any atom is 0.335 e. The first-order valence-corrected chi connectivity index (χ1v) is 4.92. The van der Waals surface area contributed by atoms with Crippen molar-refractivity contribution in [1.82, 2.24) is 15.2 Å². The molecule has 1 aromatic heterocycles. The fourth-order valence-electron chi connectivity index (χ4n) is 1.22. The molecule has 0 bridgehead atoms. The summed E-state index contributed by atoms with van der Waals surface area (Å²) >= 11 is 0. The smallest absolute Gasteiger partial charge is 0.335 e. The Kier molecular flexibility index (Phi) is 2.92. The van der Waals surface area contributed by atoms with Crippen LogP contribution in [0.15, 0.2) is 24.3 Å². The largest absolute Gasteiger partial charge is 0.478 e. The van der Waals surface area contributed by atoms with Gasteiger partial charge in [-0.05, 0) is 24.3 Å². The topological polar surface area (TPSA) is 140 Å². The summed E-state index contributed by atoms with van der Waals surface area (Å²) in [4.78, 5) is 14.5. The third-order valence-corrected chi connectivity index (χ3v) is 2.13. The lowest BCUT2D eigenvalue weighted by Gasteiger charge is -2.05. The van der Waals surface area contributed by atoms with Gasteiger partial charge in [-0.1, -0.05) is 0 Å². The molecule has 0 aliphatic carbocycles. The zero-order chi connectivity index (χ0) is 13.1. The van der Waals surface area contributed by atoms with Crippen LogP contribution >= 0.6 is 0 Å². The standard InChI is InChI=1S/C10H10N6O2/c11-7-8(12)15-16-10(14-7)13-6-3-1-5(2-4-6)9(17)18/h1-4H,(H2,12,15)(H,17,18)(H3,11,13,14,16). The number of carboxylic acid groups (broad SMARTS) is 1. The van der Waals surface area contributed by atoms with Gasteiger partial charge >= 0.3 is 5.97 Å². The van der Waals surface area contributed by atoms with Crippen molar-refractivity contribution in [2.24, 2.45) is 0 Å². The van der Waals surface area contributed by atoms with Crippen molar-refractivity contribution in [3.63, 3.8) is 0 Å². The van der Waals surface area contributed by atoms with E-state index in [9.17, 15) is 4.79 Å². The van der Waals surface area contributed by atoms with Crippen LogP contribution < -0.4 is 16.8 Å². The minimum absolute atomic E-state index is 0.0572. The SMILES string of the molecule is Nc1nnc(Nc2ccc(C(=O)O)cc2)nc1N. The number of nitrogens with two attached hydrogens (primary N) is 2. The third kappa shape index (κ3) is 2.43. The lowest BCUT2D eigenvalue weighted by atomic mass is 10.2. The van der Waals surface area contributed by atoms with Crippen molar-refractivity contribution in [3.05, 3.63) is 29.8 Å². The van der Waals surface area contributed by atoms with E-state index in [0.717, 1.165) is 0 Å². The van der Waals surface area contributed by atoms with E-state index in [0.29, 0.717) is 5.69 Å². The molecule has 0 saturated heterocycles. The second-order valence-electron chi connectivity index (χ2n) is 3.41. The van der Waals surface area contributed by atoms with E-state index in [4.69, 9.17) is 16.6 Å². The van der Waals surface area contributed by atoms with E-state index in [-0.39, 0.29) is 23.1 Å². The van der Waals surface area contributed by atoms with E-state index >= 15 is 0 Å². The van der Waals surface area contributed by atoms with Gasteiger partial charge in [-0.15, -0.1) is 10.2 Å². The number of carbonyl (C=O) groups is 1. The molecule has 1 heterocycles. The zero-order valence-electron chi connectivity index (χ0n) is 9.16. The van der Waals surface area contributed by atoms with Crippen LogP contribution in [-0.4, -0.2) is 26.3 Å². The quantitative estimate of drug-likeness (QED) is 0.612. The summed E-state index contributed by atoms with van der Waals surface area (Å²) < 4.78 is 0. The number of nitrogens with one attached hydrogen (secondary N) is 1. The Bertz CT molecular complexity index is 583. The summed E-state index contributed by atoms with van der Waals surface area (Å²) in [7, 11) is 0. The van der Waals surface area contributed by atoms with Gasteiger partial charge in [0.05, 0.1) is 5.56 Å². The summed E-state index contributed by atoms with van der Waals surface area (Å²) in [5, 5.41) is 18.9. The predicted molar refractivity (Wildman–Crippen MR) is 65.3 cm³/mol. The maximum absolute atomic E-state index is 10.7. The number of hydrogen-bond donors (Lipinski definition) is 4. The Hall–Kier alpha value is -2.90. The number of aromatic nitrogens is 3. The van der Waals surface area contributed by atoms with Crippen LogP contribution in [0.2, 0.25) is 0 Å². The first-order chi connectivity index (χ1) is 8.56. The second kappa shape index (κ2) is 4.53. The minimum Gasteiger partial charge on any atom is -0.478 e. The van der Waals surface area contributed by atoms with Gasteiger partial charge in [-0.2, -0.15) is 4.98 Å². The Balaban J connectivity index is 2.18. The predicted octanol–water partition coefficient (Wildman–Crippen LogP) is 0.478. The molecule has 18 heavy (non-hydrogen) atoms. The lowest BCUT2D eigenvalue weighted by Crippen LogP contribution is -2.06. The number of rotatable bonds is 3. The van der Waals surface area contributed by atoms with E-state index in [2.05, 4.69) is 20.5 Å². The molecule has 1 aromatic carbocycles. The molecule has 8 nitrogen and oxygen atoms in total. The molecular weight excluding hydrogens is 236 g/mol. The van der Waals surface area contributed by atoms with Crippen LogP contribution in [0.3, 0.4) is 0 Å². The number of anilines is 4. The number of aromatic carboxylic acids is 1. The number of hydrogen-bond acceptors (Lipinski definition) is 7. The van der Waals surface area contributed by atoms with Crippen LogP contribution in [0.25, 0.3) is 0 Å². The normalized spacial score (nSPS) is 10.0. The van der Waals surface area contributed by atoms with Crippen molar-refractivity contribution < 1.29 is 9.90 Å². The Morgan fingerprint density at radius 3 is 2.33 bits per heavy atom. The number of nitrogens with zero attached hydrogens (tertiary/aromatic N) is 3. The fourth-order valence-corrected chi connectivity index (χ4v) is 1.22. The molecule has 0 aliphatic heterocycles. The molecule has 2 rings (SSSR count). The highest BCUT2D eigenvalue weighted by Gasteiger charge is 2.05. The van der Waals surface area contributed by atoms with Crippen LogP contribution in [0.4, 0.5) is 23.3 Å². The van der Waals surface area contributed by atoms with Crippen LogP contribution in [0.1, 0.15) is 10.4 Å². The summed E-state index contributed by atoms with van der Waals surface area (Å²) in [6.07, 6.45) is 0. The van der Waals surface area contributed by atoms with E-state index in [1.54, 1.807) is 12.1 Å². The summed E-state index contributed by atoms with van der Waals surface area (Å²) in [6, 6.07) is 6.08. The van der Waals surface area contributed by atoms with E-state index in [1.165, 1.54) is 12.1 Å². The third-order valence-electron chi connectivity index (χ3n) is 2.13. The first-order valence-electron chi connectivity index (χ1n) is 4.92. The van der Waals surface area contributed by atoms with E-state index in [1.807, 2.05) is 0 Å². The number of carboxylic acids is 1. The summed E-state index contributed by atoms with van der Waals surface area (Å²) in [5.41, 5.74) is 11.7. The lowest BCUT2D eigenvalue weighted by molar-refractivity contribution is 0.0697. The second-order valence-corrected chi connectivity index (χ2v) is 3.41. The molecule has 0 atom stereocenters. The molecule has 0 spiro atoms. The number of nitrogen functional groups attached to an aromatic ring is 2. The van der Waals surface area contributed by atoms with Gasteiger partial charge in [-0.25, -0.2) is 4.79 Å². The molecule has 0 unspecified atom stereocenters. The van der Waals surface area contributed by atoms with Crippen molar-refractivity contribution in [2.75, 3.05) is 16.8 Å². The molecule has 0 aliphatic rings. The van der Waals surface area contributed by atoms with E-state index < -0.39 is 5.97 Å². The molecule has 8 heteroatoms. The molecule has 0 fully saturated rings. The molecule has 0 radical (unpaired) electrons. The molecular formula is C10H10N6O2. The van der Waals surface area contributed by atoms with Gasteiger partial charge in [0.25, 0.3) is 0 Å². The molecule has 2 aromatic rings. The van der Waals surface area contributed by atoms with Crippen LogP contribution in [0, 0.1) is 0 Å². The van der Waals surface area contributed by atoms with Crippen molar-refractivity contribution >= 4 is 29.2 Å². The highest BCUT2D eigenvalue weighted by molar-refractivity contribution is 5.88. The van der Waals surface area contributed by atoms with Crippen LogP contribution in [0.5, 0.6) is 0 Å². The van der Waals surface area contributed by atoms with Gasteiger partial charge in [0.15, 0.2) is 11.6 Å². The minimum atomic E-state index is -0.990. The van der Waals surface area contributed by atoms with Crippen molar-refractivity contribution in [2.45, 2.75) is 0 Å². The Morgan fingerprint density at radius 2 is 1.78 bits per heavy atom. The van der Waals surface area contributed by atoms with Gasteiger partial charge in [0.2, 0.25) is 5.95 Å². The average Bonchev–Trinajstić information content (AvgIpc) is 2.34. The molecule has 0 amide bonds. The van der Waals surface area contributed by atoms with Crippen molar-refractivity contribution in [3.8, 4) is 0 Å². The Labute approximate surface area is 102 Å². The molecule has 92 valence electrons. The molecule has 6 N–H and O–H groups in total. The van der Waals surface area contributed by atoms with Gasteiger partial charge in [-0.3, -0.25) is 0 Å². The average molecular weight is 246 g/mol. The number of benzene rings is 1. The maximum atomic E-state index is 10.7. The summed E-state index contributed by atoms with van der Waals surface area (Å²) in [5.74, 6) is -0.669. The highest BCUT2D eigenvalue weighted by Crippen LogP contribution is 2.15. The van der Waals surface area contributed by atoms with Crippen LogP contribution in [-0.2, 0) is 0 Å². The highest BCUT2D eigenvalue weighted by atomic mass is 16.4. The van der Waals surface area contributed by atoms with Gasteiger partial charge in [0.1, 0.15) is 0 Å². The van der Waals surface area contributed by atoms with Gasteiger partial charge in [0, 0.05) is 5.69 Å². The summed E-state index contributed by atoms with van der Waals surface area (Å²) in [6.45, 7) is 0. The molecule has 0 saturated carbocycles. The van der Waals surface area contributed by atoms with Gasteiger partial charge < -0.3 is 21.9 Å². The fraction of sp³-hybridized carbons (Fsp3) is 0. The zero-order valence-corrected chi connectivity index (χ0v) is 9.16. The monoisotopic (exact) mass is 246 g/mol. The van der Waals surface area contributed by atoms with Crippen molar-refractivity contribution in [1.29, 1.82) is 0 Å². The Morgan fingerprint density at radius 1 is 1.11 bits per heavy atom. The first kappa shape index (κ1) is 11.6.